The van der Waals surface area contributed by atoms with Gasteiger partial charge in [-0.05, 0) is 20.8 Å². The van der Waals surface area contributed by atoms with E-state index in [0.29, 0.717) is 99.0 Å². The Balaban J connectivity index is 3.19. The van der Waals surface area contributed by atoms with Crippen molar-refractivity contribution in [3.8, 4) is 0 Å². The van der Waals surface area contributed by atoms with Crippen LogP contribution in [0.1, 0.15) is 20.8 Å². The van der Waals surface area contributed by atoms with Gasteiger partial charge >= 0.3 is 6.09 Å². The maximum absolute atomic E-state index is 11.8. The maximum atomic E-state index is 11.8. The van der Waals surface area contributed by atoms with Gasteiger partial charge in [0.05, 0.1) is 99.1 Å². The Hall–Kier alpha value is -1.05. The van der Waals surface area contributed by atoms with E-state index in [2.05, 4.69) is 0 Å². The van der Waals surface area contributed by atoms with Crippen molar-refractivity contribution in [2.45, 2.75) is 26.4 Å². The second-order valence-corrected chi connectivity index (χ2v) is 7.91. The first kappa shape index (κ1) is 31.9. The summed E-state index contributed by atoms with van der Waals surface area (Å²) < 4.78 is 42.7. The Morgan fingerprint density at radius 1 is 0.606 bits per heavy atom. The maximum Gasteiger partial charge on any atom is 0.410 e. The Kier molecular flexibility index (Phi) is 22.0. The number of ether oxygens (including phenoxy) is 8. The average molecular weight is 484 g/mol. The number of amides is 1. The Bertz CT molecular complexity index is 434. The van der Waals surface area contributed by atoms with E-state index in [1.165, 1.54) is 4.90 Å². The quantitative estimate of drug-likeness (QED) is 0.211. The molecule has 0 aromatic rings. The molecule has 0 spiro atoms. The van der Waals surface area contributed by atoms with Gasteiger partial charge in [0.15, 0.2) is 0 Å². The number of aliphatic hydroxyl groups excluding tert-OH is 1. The number of hydrogen-bond donors (Lipinski definition) is 1. The molecule has 11 heteroatoms. The fraction of sp³-hybridized carbons (Fsp3) is 0.955. The van der Waals surface area contributed by atoms with Gasteiger partial charge < -0.3 is 47.9 Å². The van der Waals surface area contributed by atoms with Crippen LogP contribution in [0.25, 0.3) is 0 Å². The summed E-state index contributed by atoms with van der Waals surface area (Å²) in [7, 11) is 1.68. The number of aliphatic hydroxyl groups is 1. The number of likely N-dealkylation sites (N-methyl/N-ethyl adjacent to an activating group) is 1. The van der Waals surface area contributed by atoms with Gasteiger partial charge in [-0.25, -0.2) is 4.79 Å². The summed E-state index contributed by atoms with van der Waals surface area (Å²) in [6, 6.07) is 0. The third-order valence-electron chi connectivity index (χ3n) is 3.74. The Labute approximate surface area is 198 Å². The van der Waals surface area contributed by atoms with Crippen LogP contribution >= 0.6 is 0 Å². The van der Waals surface area contributed by atoms with E-state index < -0.39 is 5.60 Å². The molecule has 0 bridgehead atoms. The van der Waals surface area contributed by atoms with Crippen LogP contribution in [-0.2, 0) is 37.9 Å². The molecule has 11 nitrogen and oxygen atoms in total. The predicted octanol–water partition coefficient (Wildman–Crippen LogP) is 0.962. The molecule has 0 saturated carbocycles. The van der Waals surface area contributed by atoms with Crippen molar-refractivity contribution in [3.63, 3.8) is 0 Å². The molecule has 0 fully saturated rings. The van der Waals surface area contributed by atoms with Gasteiger partial charge in [0.1, 0.15) is 5.60 Å². The molecule has 0 radical (unpaired) electrons. The Morgan fingerprint density at radius 2 is 0.909 bits per heavy atom. The monoisotopic (exact) mass is 483 g/mol. The van der Waals surface area contributed by atoms with Crippen LogP contribution in [0.4, 0.5) is 4.79 Å². The van der Waals surface area contributed by atoms with E-state index >= 15 is 0 Å². The second kappa shape index (κ2) is 22.7. The summed E-state index contributed by atoms with van der Waals surface area (Å²) in [5.74, 6) is 0. The zero-order valence-corrected chi connectivity index (χ0v) is 20.9. The average Bonchev–Trinajstić information content (AvgIpc) is 2.76. The lowest BCUT2D eigenvalue weighted by atomic mass is 10.2. The highest BCUT2D eigenvalue weighted by molar-refractivity contribution is 5.67. The smallest absolute Gasteiger partial charge is 0.410 e. The van der Waals surface area contributed by atoms with Gasteiger partial charge in [0, 0.05) is 13.6 Å². The van der Waals surface area contributed by atoms with Crippen LogP contribution in [0.3, 0.4) is 0 Å². The highest BCUT2D eigenvalue weighted by atomic mass is 16.6. The summed E-state index contributed by atoms with van der Waals surface area (Å²) in [5.41, 5.74) is -0.503. The topological polar surface area (TPSA) is 114 Å². The van der Waals surface area contributed by atoms with E-state index in [-0.39, 0.29) is 12.7 Å². The van der Waals surface area contributed by atoms with E-state index in [1.54, 1.807) is 7.05 Å². The number of carbonyl (C=O) groups is 1. The molecule has 0 aliphatic carbocycles. The third kappa shape index (κ3) is 25.4. The van der Waals surface area contributed by atoms with E-state index in [9.17, 15) is 4.79 Å². The summed E-state index contributed by atoms with van der Waals surface area (Å²) in [6.45, 7) is 12.6. The van der Waals surface area contributed by atoms with Crippen LogP contribution < -0.4 is 0 Å². The molecular formula is C22H45NO10. The minimum Gasteiger partial charge on any atom is -0.444 e. The van der Waals surface area contributed by atoms with E-state index in [1.807, 2.05) is 20.8 Å². The van der Waals surface area contributed by atoms with Gasteiger partial charge in [-0.1, -0.05) is 0 Å². The molecular weight excluding hydrogens is 438 g/mol. The first-order valence-corrected chi connectivity index (χ1v) is 11.5. The SMILES string of the molecule is CN(CCOCCOCCOCCOCCOCCOCCOCCO)C(=O)OC(C)(C)C. The number of rotatable bonds is 23. The zero-order chi connectivity index (χ0) is 24.6. The molecule has 0 aliphatic rings. The van der Waals surface area contributed by atoms with Crippen molar-refractivity contribution in [3.05, 3.63) is 0 Å². The molecule has 0 atom stereocenters. The van der Waals surface area contributed by atoms with Gasteiger partial charge in [0.2, 0.25) is 0 Å². The molecule has 0 unspecified atom stereocenters. The van der Waals surface area contributed by atoms with Crippen molar-refractivity contribution in [1.82, 2.24) is 4.90 Å². The van der Waals surface area contributed by atoms with Crippen molar-refractivity contribution in [1.29, 1.82) is 0 Å². The predicted molar refractivity (Wildman–Crippen MR) is 122 cm³/mol. The Morgan fingerprint density at radius 3 is 1.21 bits per heavy atom. The molecule has 1 N–H and O–H groups in total. The minimum absolute atomic E-state index is 0.0244. The van der Waals surface area contributed by atoms with Crippen molar-refractivity contribution in [2.24, 2.45) is 0 Å². The standard InChI is InChI=1S/C22H45NO10/c1-22(2,3)33-21(25)23(4)5-7-26-9-11-28-13-15-30-17-19-32-20-18-31-16-14-29-12-10-27-8-6-24/h24H,5-20H2,1-4H3. The number of carbonyl (C=O) groups excluding carboxylic acids is 1. The number of hydrogen-bond acceptors (Lipinski definition) is 10. The van der Waals surface area contributed by atoms with Gasteiger partial charge in [-0.3, -0.25) is 0 Å². The van der Waals surface area contributed by atoms with Crippen molar-refractivity contribution >= 4 is 6.09 Å². The van der Waals surface area contributed by atoms with E-state index in [4.69, 9.17) is 43.0 Å². The van der Waals surface area contributed by atoms with Crippen molar-refractivity contribution < 1.29 is 47.8 Å². The lowest BCUT2D eigenvalue weighted by Gasteiger charge is -2.24. The lowest BCUT2D eigenvalue weighted by Crippen LogP contribution is -2.36. The number of nitrogens with zero attached hydrogens (tertiary/aromatic N) is 1. The van der Waals surface area contributed by atoms with Crippen LogP contribution in [0.5, 0.6) is 0 Å². The molecule has 198 valence electrons. The first-order chi connectivity index (χ1) is 15.9. The zero-order valence-electron chi connectivity index (χ0n) is 20.9. The van der Waals surface area contributed by atoms with Gasteiger partial charge in [-0.2, -0.15) is 0 Å². The normalized spacial score (nSPS) is 11.7. The van der Waals surface area contributed by atoms with Crippen LogP contribution in [0, 0.1) is 0 Å². The fourth-order valence-electron chi connectivity index (χ4n) is 2.12. The molecule has 0 aliphatic heterocycles. The van der Waals surface area contributed by atoms with E-state index in [0.717, 1.165) is 0 Å². The molecule has 33 heavy (non-hydrogen) atoms. The highest BCUT2D eigenvalue weighted by Crippen LogP contribution is 2.08. The summed E-state index contributed by atoms with van der Waals surface area (Å²) in [5, 5.41) is 8.54. The summed E-state index contributed by atoms with van der Waals surface area (Å²) in [4.78, 5) is 13.3. The molecule has 1 amide bonds. The second-order valence-electron chi connectivity index (χ2n) is 7.91. The van der Waals surface area contributed by atoms with Crippen molar-refractivity contribution in [2.75, 3.05) is 113 Å². The highest BCUT2D eigenvalue weighted by Gasteiger charge is 2.19. The van der Waals surface area contributed by atoms with Crippen LogP contribution in [-0.4, -0.2) is 134 Å². The molecule has 0 heterocycles. The van der Waals surface area contributed by atoms with Crippen LogP contribution in [0.15, 0.2) is 0 Å². The first-order valence-electron chi connectivity index (χ1n) is 11.5. The van der Waals surface area contributed by atoms with Crippen LogP contribution in [0.2, 0.25) is 0 Å². The summed E-state index contributed by atoms with van der Waals surface area (Å²) >= 11 is 0. The fourth-order valence-corrected chi connectivity index (χ4v) is 2.12. The lowest BCUT2D eigenvalue weighted by molar-refractivity contribution is -0.0221. The minimum atomic E-state index is -0.503. The van der Waals surface area contributed by atoms with Gasteiger partial charge in [-0.15, -0.1) is 0 Å². The third-order valence-corrected chi connectivity index (χ3v) is 3.74. The molecule has 0 aromatic heterocycles. The summed E-state index contributed by atoms with van der Waals surface area (Å²) in [6.07, 6.45) is -0.362. The molecule has 0 aromatic carbocycles. The molecule has 0 rings (SSSR count). The van der Waals surface area contributed by atoms with Gasteiger partial charge in [0.25, 0.3) is 0 Å². The molecule has 0 saturated heterocycles. The largest absolute Gasteiger partial charge is 0.444 e.